The molecule has 0 spiro atoms. The second-order valence-electron chi connectivity index (χ2n) is 6.68. The molecular weight excluding hydrogens is 350 g/mol. The molecule has 0 atom stereocenters. The molecule has 1 aliphatic heterocycles. The van der Waals surface area contributed by atoms with Crippen LogP contribution < -0.4 is 10.5 Å². The molecule has 140 valence electrons. The van der Waals surface area contributed by atoms with Crippen molar-refractivity contribution in [2.45, 2.75) is 39.2 Å². The number of likely N-dealkylation sites (N-methyl/N-ethyl adjacent to an activating group) is 1. The van der Waals surface area contributed by atoms with E-state index in [0.717, 1.165) is 43.7 Å². The molecule has 7 nitrogen and oxygen atoms in total. The van der Waals surface area contributed by atoms with Gasteiger partial charge in [-0.1, -0.05) is 0 Å². The zero-order valence-corrected chi connectivity index (χ0v) is 16.2. The number of carbonyl (C=O) groups excluding carboxylic acids is 1. The second-order valence-corrected chi connectivity index (χ2v) is 7.62. The quantitative estimate of drug-likeness (QED) is 0.768. The Balaban J connectivity index is 1.58. The molecule has 1 amide bonds. The summed E-state index contributed by atoms with van der Waals surface area (Å²) in [5.74, 6) is -0.118. The van der Waals surface area contributed by atoms with Gasteiger partial charge in [0.15, 0.2) is 0 Å². The maximum absolute atomic E-state index is 12.4. The highest BCUT2D eigenvalue weighted by Gasteiger charge is 2.15. The number of aromatic nitrogens is 3. The van der Waals surface area contributed by atoms with Gasteiger partial charge in [0.25, 0.3) is 5.56 Å². The van der Waals surface area contributed by atoms with Gasteiger partial charge in [0.1, 0.15) is 6.54 Å². The van der Waals surface area contributed by atoms with Gasteiger partial charge in [-0.25, -0.2) is 9.67 Å². The van der Waals surface area contributed by atoms with Gasteiger partial charge in [0.2, 0.25) is 5.91 Å². The average Bonchev–Trinajstić information content (AvgIpc) is 3.07. The summed E-state index contributed by atoms with van der Waals surface area (Å²) in [6.07, 6.45) is 6.00. The van der Waals surface area contributed by atoms with E-state index in [-0.39, 0.29) is 18.0 Å². The van der Waals surface area contributed by atoms with Crippen LogP contribution in [0.5, 0.6) is 0 Å². The van der Waals surface area contributed by atoms with Gasteiger partial charge < -0.3 is 9.80 Å². The topological polar surface area (TPSA) is 71.3 Å². The van der Waals surface area contributed by atoms with Crippen molar-refractivity contribution in [1.82, 2.24) is 19.7 Å². The minimum absolute atomic E-state index is 0.0305. The number of hydrogen-bond donors (Lipinski definition) is 0. The van der Waals surface area contributed by atoms with E-state index in [9.17, 15) is 9.59 Å². The molecule has 3 heterocycles. The highest BCUT2D eigenvalue weighted by molar-refractivity contribution is 7.09. The summed E-state index contributed by atoms with van der Waals surface area (Å²) in [7, 11) is 1.76. The lowest BCUT2D eigenvalue weighted by Crippen LogP contribution is -2.37. The van der Waals surface area contributed by atoms with E-state index in [1.165, 1.54) is 16.0 Å². The van der Waals surface area contributed by atoms with Crippen molar-refractivity contribution in [3.8, 4) is 0 Å². The molecule has 0 bridgehead atoms. The zero-order valence-electron chi connectivity index (χ0n) is 15.3. The zero-order chi connectivity index (χ0) is 18.5. The van der Waals surface area contributed by atoms with E-state index in [1.54, 1.807) is 35.5 Å². The first-order chi connectivity index (χ1) is 12.5. The maximum atomic E-state index is 12.4. The Morgan fingerprint density at radius 3 is 2.73 bits per heavy atom. The third-order valence-electron chi connectivity index (χ3n) is 4.81. The fraction of sp³-hybridized carbons (Fsp3) is 0.556. The van der Waals surface area contributed by atoms with Gasteiger partial charge in [0, 0.05) is 44.0 Å². The lowest BCUT2D eigenvalue weighted by molar-refractivity contribution is -0.130. The molecule has 3 rings (SSSR count). The summed E-state index contributed by atoms with van der Waals surface area (Å²) < 4.78 is 1.24. The van der Waals surface area contributed by atoms with E-state index in [2.05, 4.69) is 15.0 Å². The third-order valence-corrected chi connectivity index (χ3v) is 5.80. The molecule has 2 aromatic rings. The highest BCUT2D eigenvalue weighted by Crippen LogP contribution is 2.17. The van der Waals surface area contributed by atoms with Gasteiger partial charge in [-0.3, -0.25) is 9.59 Å². The molecule has 0 N–H and O–H groups in total. The lowest BCUT2D eigenvalue weighted by atomic mass is 10.1. The van der Waals surface area contributed by atoms with Crippen LogP contribution in [0.4, 0.5) is 5.69 Å². The monoisotopic (exact) mass is 375 g/mol. The summed E-state index contributed by atoms with van der Waals surface area (Å²) in [5.41, 5.74) is 3.46. The summed E-state index contributed by atoms with van der Waals surface area (Å²) in [5, 5.41) is 4.21. The molecule has 1 aliphatic rings. The van der Waals surface area contributed by atoms with Crippen LogP contribution in [0.25, 0.3) is 0 Å². The number of carbonyl (C=O) groups is 1. The van der Waals surface area contributed by atoms with Crippen LogP contribution in [-0.2, 0) is 17.8 Å². The first-order valence-electron chi connectivity index (χ1n) is 8.99. The first kappa shape index (κ1) is 18.6. The van der Waals surface area contributed by atoms with Gasteiger partial charge in [-0.2, -0.15) is 5.10 Å². The lowest BCUT2D eigenvalue weighted by Gasteiger charge is -2.28. The Labute approximate surface area is 157 Å². The van der Waals surface area contributed by atoms with E-state index >= 15 is 0 Å². The number of amides is 1. The van der Waals surface area contributed by atoms with Crippen LogP contribution in [0, 0.1) is 6.92 Å². The van der Waals surface area contributed by atoms with Crippen molar-refractivity contribution in [3.63, 3.8) is 0 Å². The third kappa shape index (κ3) is 4.49. The summed E-state index contributed by atoms with van der Waals surface area (Å²) >= 11 is 1.60. The number of nitrogens with zero attached hydrogens (tertiary/aromatic N) is 5. The predicted octanol–water partition coefficient (Wildman–Crippen LogP) is 1.70. The molecule has 0 aliphatic carbocycles. The summed E-state index contributed by atoms with van der Waals surface area (Å²) in [6, 6.07) is 1.59. The summed E-state index contributed by atoms with van der Waals surface area (Å²) in [4.78, 5) is 34.0. The standard InChI is InChI=1S/C18H25N5O2S/c1-14-16(26-13-19-14)6-9-21(2)18(25)12-23-17(24)10-15(11-20-23)22-7-4-3-5-8-22/h10-11,13H,3-9,12H2,1-2H3. The maximum Gasteiger partial charge on any atom is 0.269 e. The van der Waals surface area contributed by atoms with Crippen molar-refractivity contribution in [1.29, 1.82) is 0 Å². The smallest absolute Gasteiger partial charge is 0.269 e. The second kappa shape index (κ2) is 8.44. The van der Waals surface area contributed by atoms with Crippen molar-refractivity contribution < 1.29 is 4.79 Å². The number of anilines is 1. The SMILES string of the molecule is Cc1ncsc1CCN(C)C(=O)Cn1ncc(N2CCCCC2)cc1=O. The van der Waals surface area contributed by atoms with Crippen LogP contribution in [0.1, 0.15) is 29.8 Å². The van der Waals surface area contributed by atoms with Gasteiger partial charge >= 0.3 is 0 Å². The minimum atomic E-state index is -0.229. The molecule has 0 aromatic carbocycles. The van der Waals surface area contributed by atoms with Gasteiger partial charge in [-0.05, 0) is 26.2 Å². The Morgan fingerprint density at radius 2 is 2.08 bits per heavy atom. The van der Waals surface area contributed by atoms with E-state index in [4.69, 9.17) is 0 Å². The molecule has 26 heavy (non-hydrogen) atoms. The van der Waals surface area contributed by atoms with E-state index in [1.807, 2.05) is 12.4 Å². The van der Waals surface area contributed by atoms with Crippen molar-refractivity contribution in [3.05, 3.63) is 38.7 Å². The Hall–Kier alpha value is -2.22. The Kier molecular flexibility index (Phi) is 6.03. The van der Waals surface area contributed by atoms with Crippen LogP contribution in [0.15, 0.2) is 22.6 Å². The average molecular weight is 375 g/mol. The predicted molar refractivity (Wildman–Crippen MR) is 103 cm³/mol. The summed E-state index contributed by atoms with van der Waals surface area (Å²) in [6.45, 7) is 4.47. The van der Waals surface area contributed by atoms with Crippen molar-refractivity contribution >= 4 is 22.9 Å². The largest absolute Gasteiger partial charge is 0.370 e. The number of aryl methyl sites for hydroxylation is 1. The van der Waals surface area contributed by atoms with Gasteiger partial charge in [0.05, 0.1) is 23.1 Å². The first-order valence-corrected chi connectivity index (χ1v) is 9.87. The van der Waals surface area contributed by atoms with Crippen LogP contribution in [-0.4, -0.2) is 52.3 Å². The van der Waals surface area contributed by atoms with Gasteiger partial charge in [-0.15, -0.1) is 11.3 Å². The fourth-order valence-electron chi connectivity index (χ4n) is 3.08. The van der Waals surface area contributed by atoms with Crippen LogP contribution in [0.2, 0.25) is 0 Å². The number of piperidine rings is 1. The normalized spacial score (nSPS) is 14.5. The number of hydrogen-bond acceptors (Lipinski definition) is 6. The van der Waals surface area contributed by atoms with Crippen molar-refractivity contribution in [2.24, 2.45) is 0 Å². The van der Waals surface area contributed by atoms with Crippen LogP contribution in [0.3, 0.4) is 0 Å². The Morgan fingerprint density at radius 1 is 1.31 bits per heavy atom. The highest BCUT2D eigenvalue weighted by atomic mass is 32.1. The molecule has 1 saturated heterocycles. The number of thiazole rings is 1. The molecule has 2 aromatic heterocycles. The van der Waals surface area contributed by atoms with Crippen molar-refractivity contribution in [2.75, 3.05) is 31.6 Å². The Bertz CT molecular complexity index is 810. The fourth-order valence-corrected chi connectivity index (χ4v) is 3.85. The molecule has 8 heteroatoms. The molecule has 1 fully saturated rings. The minimum Gasteiger partial charge on any atom is -0.370 e. The molecular formula is C18H25N5O2S. The molecule has 0 unspecified atom stereocenters. The number of rotatable bonds is 6. The molecule has 0 saturated carbocycles. The van der Waals surface area contributed by atoms with E-state index < -0.39 is 0 Å². The van der Waals surface area contributed by atoms with E-state index in [0.29, 0.717) is 6.54 Å². The molecule has 0 radical (unpaired) electrons. The van der Waals surface area contributed by atoms with Crippen LogP contribution >= 0.6 is 11.3 Å².